The lowest BCUT2D eigenvalue weighted by atomic mass is 10.1. The average Bonchev–Trinajstić information content (AvgIpc) is 2.58. The quantitative estimate of drug-likeness (QED) is 0.836. The fourth-order valence-corrected chi connectivity index (χ4v) is 2.48. The van der Waals surface area contributed by atoms with Crippen LogP contribution >= 0.6 is 0 Å². The van der Waals surface area contributed by atoms with Gasteiger partial charge in [-0.25, -0.2) is 4.39 Å². The molecule has 0 heterocycles. The van der Waals surface area contributed by atoms with Gasteiger partial charge in [-0.15, -0.1) is 0 Å². The predicted octanol–water partition coefficient (Wildman–Crippen LogP) is 3.55. The van der Waals surface area contributed by atoms with Crippen molar-refractivity contribution < 1.29 is 14.0 Å². The maximum Gasteiger partial charge on any atom is 0.226 e. The van der Waals surface area contributed by atoms with Crippen LogP contribution in [0.3, 0.4) is 0 Å². The van der Waals surface area contributed by atoms with Gasteiger partial charge >= 0.3 is 0 Å². The van der Waals surface area contributed by atoms with Crippen LogP contribution in [0.1, 0.15) is 24.5 Å². The molecule has 0 bridgehead atoms. The third-order valence-corrected chi connectivity index (χ3v) is 4.00. The molecule has 0 aromatic heterocycles. The maximum absolute atomic E-state index is 13.7. The molecule has 5 heteroatoms. The summed E-state index contributed by atoms with van der Waals surface area (Å²) in [6.45, 7) is 4.13. The van der Waals surface area contributed by atoms with E-state index in [2.05, 4.69) is 5.32 Å². The molecule has 0 aliphatic carbocycles. The molecule has 2 aromatic rings. The van der Waals surface area contributed by atoms with E-state index in [1.54, 1.807) is 23.1 Å². The fourth-order valence-electron chi connectivity index (χ4n) is 2.48. The van der Waals surface area contributed by atoms with E-state index in [-0.39, 0.29) is 24.1 Å². The van der Waals surface area contributed by atoms with Gasteiger partial charge < -0.3 is 10.2 Å². The smallest absolute Gasteiger partial charge is 0.226 e. The van der Waals surface area contributed by atoms with E-state index in [1.165, 1.54) is 13.0 Å². The van der Waals surface area contributed by atoms with Crippen molar-refractivity contribution in [2.45, 2.75) is 26.7 Å². The molecule has 0 saturated heterocycles. The number of rotatable bonds is 7. The number of hydrogen-bond donors (Lipinski definition) is 1. The van der Waals surface area contributed by atoms with Crippen molar-refractivity contribution in [3.63, 3.8) is 0 Å². The number of benzene rings is 2. The number of hydrogen-bond acceptors (Lipinski definition) is 2. The molecule has 0 aliphatic rings. The minimum absolute atomic E-state index is 0.125. The van der Waals surface area contributed by atoms with Crippen LogP contribution < -0.4 is 5.32 Å². The van der Waals surface area contributed by atoms with E-state index in [1.807, 2.05) is 31.2 Å². The highest BCUT2D eigenvalue weighted by Crippen LogP contribution is 2.10. The minimum atomic E-state index is -0.275. The third-order valence-electron chi connectivity index (χ3n) is 4.00. The van der Waals surface area contributed by atoms with Gasteiger partial charge in [-0.05, 0) is 37.1 Å². The third kappa shape index (κ3) is 6.03. The molecule has 0 fully saturated rings. The summed E-state index contributed by atoms with van der Waals surface area (Å²) >= 11 is 0. The summed E-state index contributed by atoms with van der Waals surface area (Å²) in [6, 6.07) is 14.0. The van der Waals surface area contributed by atoms with E-state index in [0.717, 1.165) is 11.3 Å². The predicted molar refractivity (Wildman–Crippen MR) is 96.8 cm³/mol. The molecule has 2 aromatic carbocycles. The lowest BCUT2D eigenvalue weighted by molar-refractivity contribution is -0.129. The van der Waals surface area contributed by atoms with Crippen molar-refractivity contribution in [2.24, 2.45) is 0 Å². The second-order valence-electron chi connectivity index (χ2n) is 6.01. The number of amides is 2. The number of nitrogens with one attached hydrogen (secondary N) is 1. The molecule has 25 heavy (non-hydrogen) atoms. The molecule has 0 atom stereocenters. The lowest BCUT2D eigenvalue weighted by Crippen LogP contribution is -2.33. The highest BCUT2D eigenvalue weighted by Gasteiger charge is 2.12. The Morgan fingerprint density at radius 2 is 1.72 bits per heavy atom. The largest absolute Gasteiger partial charge is 0.342 e. The molecule has 0 saturated carbocycles. The van der Waals surface area contributed by atoms with Gasteiger partial charge in [-0.2, -0.15) is 0 Å². The first kappa shape index (κ1) is 18.6. The van der Waals surface area contributed by atoms with Gasteiger partial charge in [0.15, 0.2) is 0 Å². The van der Waals surface area contributed by atoms with Gasteiger partial charge in [-0.1, -0.05) is 35.9 Å². The minimum Gasteiger partial charge on any atom is -0.342 e. The molecule has 0 aliphatic heterocycles. The van der Waals surface area contributed by atoms with Gasteiger partial charge in [0.1, 0.15) is 5.82 Å². The zero-order valence-electron chi connectivity index (χ0n) is 14.6. The van der Waals surface area contributed by atoms with E-state index >= 15 is 0 Å². The topological polar surface area (TPSA) is 49.4 Å². The van der Waals surface area contributed by atoms with E-state index in [9.17, 15) is 14.0 Å². The van der Waals surface area contributed by atoms with Crippen LogP contribution in [-0.2, 0) is 16.0 Å². The van der Waals surface area contributed by atoms with Crippen LogP contribution in [0.5, 0.6) is 0 Å². The van der Waals surface area contributed by atoms with Crippen molar-refractivity contribution in [1.82, 2.24) is 4.90 Å². The van der Waals surface area contributed by atoms with Crippen molar-refractivity contribution >= 4 is 17.5 Å². The Hall–Kier alpha value is -2.69. The van der Waals surface area contributed by atoms with Gasteiger partial charge in [0, 0.05) is 32.1 Å². The Labute approximate surface area is 147 Å². The zero-order chi connectivity index (χ0) is 18.2. The van der Waals surface area contributed by atoms with Crippen LogP contribution in [0, 0.1) is 12.7 Å². The highest BCUT2D eigenvalue weighted by atomic mass is 19.1. The molecular weight excluding hydrogens is 319 g/mol. The van der Waals surface area contributed by atoms with Gasteiger partial charge in [0.05, 0.1) is 0 Å². The summed E-state index contributed by atoms with van der Waals surface area (Å²) in [4.78, 5) is 25.4. The van der Waals surface area contributed by atoms with Crippen molar-refractivity contribution in [2.75, 3.05) is 18.4 Å². The molecule has 1 N–H and O–H groups in total. The van der Waals surface area contributed by atoms with Crippen LogP contribution in [0.2, 0.25) is 0 Å². The second-order valence-corrected chi connectivity index (χ2v) is 6.01. The molecule has 0 radical (unpaired) electrons. The molecule has 2 rings (SSSR count). The van der Waals surface area contributed by atoms with Crippen LogP contribution in [-0.4, -0.2) is 29.8 Å². The summed E-state index contributed by atoms with van der Waals surface area (Å²) < 4.78 is 13.7. The summed E-state index contributed by atoms with van der Waals surface area (Å²) in [6.07, 6.45) is 0.622. The summed E-state index contributed by atoms with van der Waals surface area (Å²) in [5.41, 5.74) is 2.42. The van der Waals surface area contributed by atoms with E-state index in [0.29, 0.717) is 25.1 Å². The van der Waals surface area contributed by atoms with Gasteiger partial charge in [0.25, 0.3) is 0 Å². The standard InChI is InChI=1S/C20H23FN2O2/c1-15-7-9-18(10-8-15)22-20(25)12-14-23(16(2)24)13-11-17-5-3-4-6-19(17)21/h3-10H,11-14H2,1-2H3,(H,22,25). The zero-order valence-corrected chi connectivity index (χ0v) is 14.6. The van der Waals surface area contributed by atoms with Crippen molar-refractivity contribution in [3.8, 4) is 0 Å². The Balaban J connectivity index is 1.84. The number of halogens is 1. The summed E-state index contributed by atoms with van der Waals surface area (Å²) in [5.74, 6) is -0.552. The monoisotopic (exact) mass is 342 g/mol. The lowest BCUT2D eigenvalue weighted by Gasteiger charge is -2.21. The van der Waals surface area contributed by atoms with Gasteiger partial charge in [-0.3, -0.25) is 9.59 Å². The summed E-state index contributed by atoms with van der Waals surface area (Å²) in [5, 5.41) is 2.81. The number of carbonyl (C=O) groups excluding carboxylic acids is 2. The van der Waals surface area contributed by atoms with Crippen LogP contribution in [0.25, 0.3) is 0 Å². The van der Waals surface area contributed by atoms with Gasteiger partial charge in [0.2, 0.25) is 11.8 Å². The van der Waals surface area contributed by atoms with Crippen LogP contribution in [0.15, 0.2) is 48.5 Å². The summed E-state index contributed by atoms with van der Waals surface area (Å²) in [7, 11) is 0. The molecule has 0 unspecified atom stereocenters. The first-order valence-electron chi connectivity index (χ1n) is 8.31. The van der Waals surface area contributed by atoms with Crippen LogP contribution in [0.4, 0.5) is 10.1 Å². The Bertz CT molecular complexity index is 729. The number of nitrogens with zero attached hydrogens (tertiary/aromatic N) is 1. The second kappa shape index (κ2) is 8.97. The molecule has 2 amide bonds. The van der Waals surface area contributed by atoms with Crippen molar-refractivity contribution in [3.05, 3.63) is 65.5 Å². The van der Waals surface area contributed by atoms with E-state index < -0.39 is 0 Å². The Morgan fingerprint density at radius 1 is 1.04 bits per heavy atom. The van der Waals surface area contributed by atoms with E-state index in [4.69, 9.17) is 0 Å². The number of carbonyl (C=O) groups is 2. The highest BCUT2D eigenvalue weighted by molar-refractivity contribution is 5.91. The molecule has 132 valence electrons. The average molecular weight is 342 g/mol. The Morgan fingerprint density at radius 3 is 2.36 bits per heavy atom. The number of anilines is 1. The molecule has 0 spiro atoms. The normalized spacial score (nSPS) is 10.4. The first-order chi connectivity index (χ1) is 12.0. The Kier molecular flexibility index (Phi) is 6.69. The fraction of sp³-hybridized carbons (Fsp3) is 0.300. The first-order valence-corrected chi connectivity index (χ1v) is 8.31. The SMILES string of the molecule is CC(=O)N(CCC(=O)Nc1ccc(C)cc1)CCc1ccccc1F. The molecule has 4 nitrogen and oxygen atoms in total. The maximum atomic E-state index is 13.7. The van der Waals surface area contributed by atoms with Crippen molar-refractivity contribution in [1.29, 1.82) is 0 Å². The number of aryl methyl sites for hydroxylation is 1. The molecular formula is C20H23FN2O2.